The van der Waals surface area contributed by atoms with Crippen molar-refractivity contribution in [3.05, 3.63) is 119 Å². The summed E-state index contributed by atoms with van der Waals surface area (Å²) in [5.41, 5.74) is 5.32. The predicted octanol–water partition coefficient (Wildman–Crippen LogP) is 3.37. The molecule has 4 rings (SSSR count). The second-order valence-electron chi connectivity index (χ2n) is 8.71. The highest BCUT2D eigenvalue weighted by molar-refractivity contribution is 7.06. The van der Waals surface area contributed by atoms with Crippen LogP contribution in [-0.4, -0.2) is 38.1 Å². The number of rotatable bonds is 8. The summed E-state index contributed by atoms with van der Waals surface area (Å²) in [5.74, 6) is 0. The summed E-state index contributed by atoms with van der Waals surface area (Å²) in [7, 11) is 3.07. The molecule has 0 bridgehead atoms. The van der Waals surface area contributed by atoms with Gasteiger partial charge in [-0.05, 0) is 31.6 Å². The van der Waals surface area contributed by atoms with E-state index in [4.69, 9.17) is 0 Å². The van der Waals surface area contributed by atoms with Crippen LogP contribution >= 0.6 is 0 Å². The Hall–Kier alpha value is -2.25. The van der Waals surface area contributed by atoms with E-state index in [9.17, 15) is 0 Å². The zero-order valence-corrected chi connectivity index (χ0v) is 23.7. The first-order valence-corrected chi connectivity index (χ1v) is 15.3. The maximum Gasteiger partial charge on any atom is 0.0784 e. The van der Waals surface area contributed by atoms with E-state index in [1.54, 1.807) is 0 Å². The van der Waals surface area contributed by atoms with Gasteiger partial charge in [0.15, 0.2) is 0 Å². The molecule has 0 aliphatic heterocycles. The molecule has 0 spiro atoms. The van der Waals surface area contributed by atoms with Crippen molar-refractivity contribution in [3.8, 4) is 0 Å². The van der Waals surface area contributed by atoms with E-state index >= 15 is 0 Å². The van der Waals surface area contributed by atoms with Gasteiger partial charge in [-0.1, -0.05) is 140 Å². The van der Waals surface area contributed by atoms with E-state index in [0.29, 0.717) is 0 Å². The highest BCUT2D eigenvalue weighted by atomic mass is 28.4. The summed E-state index contributed by atoms with van der Waals surface area (Å²) in [5, 5.41) is 5.89. The smallest absolute Gasteiger partial charge is 0.0645 e. The molecule has 4 aromatic rings. The summed E-state index contributed by atoms with van der Waals surface area (Å²) in [6, 6.07) is 36.9. The van der Waals surface area contributed by atoms with Crippen LogP contribution in [0, 0.1) is 27.7 Å². The zero-order chi connectivity index (χ0) is 23.3. The lowest BCUT2D eigenvalue weighted by Crippen LogP contribution is -2.53. The molecule has 0 heterocycles. The molecule has 0 atom stereocenters. The van der Waals surface area contributed by atoms with Crippen molar-refractivity contribution in [2.75, 3.05) is 0 Å². The Morgan fingerprint density at radius 2 is 0.515 bits per heavy atom. The molecule has 4 heteroatoms. The highest BCUT2D eigenvalue weighted by Gasteiger charge is 2.35. The molecule has 0 unspecified atom stereocenters. The lowest BCUT2D eigenvalue weighted by Gasteiger charge is -2.32. The molecule has 160 valence electrons. The summed E-state index contributed by atoms with van der Waals surface area (Å²) in [6.07, 6.45) is 0. The van der Waals surface area contributed by atoms with Gasteiger partial charge in [0.2, 0.25) is 0 Å². The summed E-state index contributed by atoms with van der Waals surface area (Å²) in [6.45, 7) is 8.71. The van der Waals surface area contributed by atoms with Crippen LogP contribution < -0.4 is 20.7 Å². The molecule has 0 nitrogen and oxygen atoms in total. The molecule has 0 saturated carbocycles. The van der Waals surface area contributed by atoms with Gasteiger partial charge >= 0.3 is 0 Å². The van der Waals surface area contributed by atoms with E-state index in [-0.39, 0.29) is 3.91 Å². The Morgan fingerprint density at radius 1 is 0.333 bits per heavy atom. The van der Waals surface area contributed by atoms with Gasteiger partial charge in [0.25, 0.3) is 0 Å². The first-order chi connectivity index (χ1) is 15.9. The first kappa shape index (κ1) is 23.9. The van der Waals surface area contributed by atoms with E-state index in [0.717, 1.165) is 38.1 Å². The van der Waals surface area contributed by atoms with Crippen molar-refractivity contribution < 1.29 is 0 Å². The third-order valence-corrected chi connectivity index (χ3v) is 14.0. The van der Waals surface area contributed by atoms with Crippen LogP contribution in [0.3, 0.4) is 0 Å². The van der Waals surface area contributed by atoms with Crippen LogP contribution in [0.5, 0.6) is 0 Å². The Kier molecular flexibility index (Phi) is 7.81. The number of hydrogen-bond donors (Lipinski definition) is 0. The molecule has 0 aliphatic rings. The molecule has 8 radical (unpaired) electrons. The Bertz CT molecular complexity index is 967. The van der Waals surface area contributed by atoms with Crippen molar-refractivity contribution in [2.24, 2.45) is 0 Å². The van der Waals surface area contributed by atoms with Crippen molar-refractivity contribution >= 4 is 58.8 Å². The first-order valence-electron chi connectivity index (χ1n) is 11.3. The maximum atomic E-state index is 2.35. The zero-order valence-electron chi connectivity index (χ0n) is 19.7. The van der Waals surface area contributed by atoms with Gasteiger partial charge in [-0.3, -0.25) is 0 Å². The van der Waals surface area contributed by atoms with Crippen LogP contribution in [0.1, 0.15) is 22.3 Å². The van der Waals surface area contributed by atoms with Crippen LogP contribution in [0.25, 0.3) is 0 Å². The molecular formula is C29H28Si4. The van der Waals surface area contributed by atoms with Gasteiger partial charge in [0, 0.05) is 0 Å². The average Bonchev–Trinajstić information content (AvgIpc) is 2.80. The average molecular weight is 489 g/mol. The van der Waals surface area contributed by atoms with Crippen molar-refractivity contribution in [1.82, 2.24) is 0 Å². The molecule has 4 aromatic carbocycles. The van der Waals surface area contributed by atoms with E-state index < -0.39 is 0 Å². The monoisotopic (exact) mass is 488 g/mol. The molecule has 0 amide bonds. The SMILES string of the molecule is Cc1ccc([Si]C([Si]c2ccc(C)cc2)([Si]c2ccc(C)cc2)[Si]c2ccc(C)cc2)cc1. The fraction of sp³-hybridized carbons (Fsp3) is 0.172. The third kappa shape index (κ3) is 6.87. The van der Waals surface area contributed by atoms with Crippen LogP contribution in [0.2, 0.25) is 3.91 Å². The van der Waals surface area contributed by atoms with E-state index in [2.05, 4.69) is 125 Å². The minimum Gasteiger partial charge on any atom is -0.0645 e. The van der Waals surface area contributed by atoms with Crippen molar-refractivity contribution in [2.45, 2.75) is 31.6 Å². The fourth-order valence-corrected chi connectivity index (χ4v) is 13.4. The van der Waals surface area contributed by atoms with E-state index in [1.807, 2.05) is 0 Å². The van der Waals surface area contributed by atoms with E-state index in [1.165, 1.54) is 43.0 Å². The summed E-state index contributed by atoms with van der Waals surface area (Å²) < 4.78 is 0.203. The Balaban J connectivity index is 1.77. The number of benzene rings is 4. The van der Waals surface area contributed by atoms with Gasteiger partial charge in [-0.2, -0.15) is 0 Å². The quantitative estimate of drug-likeness (QED) is 0.334. The topological polar surface area (TPSA) is 0 Å². The van der Waals surface area contributed by atoms with Crippen LogP contribution in [0.4, 0.5) is 0 Å². The molecule has 0 aromatic heterocycles. The molecular weight excluding hydrogens is 461 g/mol. The second-order valence-corrected chi connectivity index (χ2v) is 18.0. The van der Waals surface area contributed by atoms with Crippen LogP contribution in [0.15, 0.2) is 97.1 Å². The van der Waals surface area contributed by atoms with Gasteiger partial charge < -0.3 is 0 Å². The fourth-order valence-electron chi connectivity index (χ4n) is 3.60. The summed E-state index contributed by atoms with van der Waals surface area (Å²) >= 11 is 0. The lowest BCUT2D eigenvalue weighted by molar-refractivity contribution is 1.46. The second kappa shape index (κ2) is 10.8. The number of aryl methyl sites for hydroxylation is 4. The molecule has 0 fully saturated rings. The number of hydrogen-bond acceptors (Lipinski definition) is 0. The molecule has 0 saturated heterocycles. The minimum absolute atomic E-state index is 0.203. The largest absolute Gasteiger partial charge is 0.0784 e. The standard InChI is InChI=1S/C29H28Si4/c1-21-5-13-25(14-6-21)30-29(31-26-15-7-22(2)8-16-26,32-27-17-9-23(3)10-18-27)33-28-19-11-24(4)12-20-28/h5-20H,1-4H3. The maximum absolute atomic E-state index is 2.35. The molecule has 0 N–H and O–H groups in total. The van der Waals surface area contributed by atoms with Crippen molar-refractivity contribution in [1.29, 1.82) is 0 Å². The van der Waals surface area contributed by atoms with Crippen molar-refractivity contribution in [3.63, 3.8) is 0 Å². The predicted molar refractivity (Wildman–Crippen MR) is 149 cm³/mol. The molecule has 33 heavy (non-hydrogen) atoms. The lowest BCUT2D eigenvalue weighted by atomic mass is 10.2. The minimum atomic E-state index is 0.203. The van der Waals surface area contributed by atoms with Gasteiger partial charge in [-0.25, -0.2) is 0 Å². The normalized spacial score (nSPS) is 11.5. The molecule has 0 aliphatic carbocycles. The highest BCUT2D eigenvalue weighted by Crippen LogP contribution is 2.21. The van der Waals surface area contributed by atoms with Gasteiger partial charge in [-0.15, -0.1) is 0 Å². The third-order valence-electron chi connectivity index (χ3n) is 5.53. The summed E-state index contributed by atoms with van der Waals surface area (Å²) in [4.78, 5) is 0. The Morgan fingerprint density at radius 3 is 0.697 bits per heavy atom. The van der Waals surface area contributed by atoms with Gasteiger partial charge in [0.1, 0.15) is 0 Å². The van der Waals surface area contributed by atoms with Gasteiger partial charge in [0.05, 0.1) is 38.1 Å². The van der Waals surface area contributed by atoms with Crippen LogP contribution in [-0.2, 0) is 0 Å². The Labute approximate surface area is 209 Å².